The summed E-state index contributed by atoms with van der Waals surface area (Å²) in [6.45, 7) is 7.22. The fourth-order valence-electron chi connectivity index (χ4n) is 3.13. The van der Waals surface area contributed by atoms with Gasteiger partial charge in [-0.1, -0.05) is 23.8 Å². The van der Waals surface area contributed by atoms with Crippen molar-refractivity contribution >= 4 is 17.7 Å². The monoisotopic (exact) mass is 345 g/mol. The van der Waals surface area contributed by atoms with Crippen molar-refractivity contribution in [1.82, 2.24) is 0 Å². The molecule has 2 aliphatic heterocycles. The molecule has 0 bridgehead atoms. The minimum atomic E-state index is -1.27. The van der Waals surface area contributed by atoms with Gasteiger partial charge in [-0.25, -0.2) is 9.69 Å². The molecule has 1 unspecified atom stereocenters. The van der Waals surface area contributed by atoms with Gasteiger partial charge in [0.1, 0.15) is 5.60 Å². The molecule has 2 amide bonds. The van der Waals surface area contributed by atoms with Crippen molar-refractivity contribution in [2.24, 2.45) is 0 Å². The maximum Gasteiger partial charge on any atom is 0.421 e. The number of ether oxygens (including phenoxy) is 3. The summed E-state index contributed by atoms with van der Waals surface area (Å²) < 4.78 is 16.7. The summed E-state index contributed by atoms with van der Waals surface area (Å²) in [5.74, 6) is -0.450. The molecule has 1 spiro atoms. The number of nitrogens with zero attached hydrogens (tertiary/aromatic N) is 1. The summed E-state index contributed by atoms with van der Waals surface area (Å²) in [4.78, 5) is 27.0. The number of amides is 2. The number of aryl methyl sites for hydroxylation is 1. The highest BCUT2D eigenvalue weighted by molar-refractivity contribution is 6.20. The second-order valence-corrected chi connectivity index (χ2v) is 7.32. The summed E-state index contributed by atoms with van der Waals surface area (Å²) in [6, 6.07) is 5.49. The first-order valence-corrected chi connectivity index (χ1v) is 8.24. The quantitative estimate of drug-likeness (QED) is 0.730. The van der Waals surface area contributed by atoms with E-state index in [-0.39, 0.29) is 0 Å². The van der Waals surface area contributed by atoms with Crippen molar-refractivity contribution in [3.63, 3.8) is 0 Å². The van der Waals surface area contributed by atoms with Gasteiger partial charge in [-0.2, -0.15) is 0 Å². The predicted molar refractivity (Wildman–Crippen MR) is 92.2 cm³/mol. The Morgan fingerprint density at radius 2 is 2.08 bits per heavy atom. The van der Waals surface area contributed by atoms with Crippen molar-refractivity contribution in [2.45, 2.75) is 51.6 Å². The van der Waals surface area contributed by atoms with E-state index in [0.717, 1.165) is 10.5 Å². The number of carbonyl (C=O) groups excluding carboxylic acids is 2. The van der Waals surface area contributed by atoms with E-state index in [0.29, 0.717) is 17.7 Å². The smallest absolute Gasteiger partial charge is 0.421 e. The van der Waals surface area contributed by atoms with Crippen LogP contribution in [0.1, 0.15) is 38.3 Å². The van der Waals surface area contributed by atoms with Crippen LogP contribution in [-0.4, -0.2) is 31.0 Å². The molecule has 0 saturated heterocycles. The third-order valence-corrected chi connectivity index (χ3v) is 4.20. The van der Waals surface area contributed by atoms with Crippen LogP contribution in [0.5, 0.6) is 0 Å². The van der Waals surface area contributed by atoms with Crippen LogP contribution in [-0.2, 0) is 24.6 Å². The molecule has 1 aromatic carbocycles. The lowest BCUT2D eigenvalue weighted by Gasteiger charge is -2.33. The van der Waals surface area contributed by atoms with Gasteiger partial charge < -0.3 is 14.2 Å². The molecule has 1 aromatic rings. The fraction of sp³-hybridized carbons (Fsp3) is 0.474. The maximum absolute atomic E-state index is 13.3. The van der Waals surface area contributed by atoms with E-state index in [1.54, 1.807) is 32.9 Å². The molecule has 0 N–H and O–H groups in total. The molecular weight excluding hydrogens is 322 g/mol. The largest absolute Gasteiger partial charge is 0.443 e. The minimum Gasteiger partial charge on any atom is -0.443 e. The molecular formula is C19H23NO5. The fourth-order valence-corrected chi connectivity index (χ4v) is 3.13. The molecule has 2 heterocycles. The summed E-state index contributed by atoms with van der Waals surface area (Å²) in [5.41, 5.74) is 0.155. The first-order chi connectivity index (χ1) is 11.7. The summed E-state index contributed by atoms with van der Waals surface area (Å²) in [6.07, 6.45) is 2.59. The zero-order valence-electron chi connectivity index (χ0n) is 15.2. The van der Waals surface area contributed by atoms with E-state index in [4.69, 9.17) is 14.2 Å². The van der Waals surface area contributed by atoms with Crippen LogP contribution < -0.4 is 4.90 Å². The van der Waals surface area contributed by atoms with Gasteiger partial charge >= 0.3 is 6.09 Å². The molecule has 6 heteroatoms. The Labute approximate surface area is 147 Å². The highest BCUT2D eigenvalue weighted by Crippen LogP contribution is 2.48. The lowest BCUT2D eigenvalue weighted by molar-refractivity contribution is -0.190. The normalized spacial score (nSPS) is 25.4. The second kappa shape index (κ2) is 5.97. The Balaban J connectivity index is 2.09. The standard InChI is InChI=1S/C19H23NO5/c1-12-8-9-14-13(11-12)19(10-6-7-15(23-5)24-19)16(21)20(14)17(22)25-18(2,3)4/h6-9,11,15H,10H2,1-5H3/t15?,19-/m1/s1. The topological polar surface area (TPSA) is 65.1 Å². The molecule has 2 aliphatic rings. The molecule has 0 saturated carbocycles. The molecule has 0 fully saturated rings. The van der Waals surface area contributed by atoms with Crippen molar-refractivity contribution in [2.75, 3.05) is 12.0 Å². The van der Waals surface area contributed by atoms with Crippen LogP contribution in [0, 0.1) is 6.92 Å². The van der Waals surface area contributed by atoms with E-state index in [9.17, 15) is 9.59 Å². The van der Waals surface area contributed by atoms with Gasteiger partial charge in [-0.15, -0.1) is 0 Å². The average molecular weight is 345 g/mol. The molecule has 0 aliphatic carbocycles. The molecule has 2 atom stereocenters. The van der Waals surface area contributed by atoms with Crippen molar-refractivity contribution in [1.29, 1.82) is 0 Å². The molecule has 134 valence electrons. The molecule has 25 heavy (non-hydrogen) atoms. The number of rotatable bonds is 1. The number of hydrogen-bond acceptors (Lipinski definition) is 5. The summed E-state index contributed by atoms with van der Waals surface area (Å²) in [5, 5.41) is 0. The van der Waals surface area contributed by atoms with E-state index in [1.165, 1.54) is 7.11 Å². The van der Waals surface area contributed by atoms with Crippen molar-refractivity contribution < 1.29 is 23.8 Å². The van der Waals surface area contributed by atoms with E-state index in [1.807, 2.05) is 25.1 Å². The summed E-state index contributed by atoms with van der Waals surface area (Å²) in [7, 11) is 1.51. The van der Waals surface area contributed by atoms with Gasteiger partial charge in [0.25, 0.3) is 5.91 Å². The highest BCUT2D eigenvalue weighted by atomic mass is 16.7. The third-order valence-electron chi connectivity index (χ3n) is 4.20. The number of methoxy groups -OCH3 is 1. The predicted octanol–water partition coefficient (Wildman–Crippen LogP) is 3.42. The number of anilines is 1. The maximum atomic E-state index is 13.3. The van der Waals surface area contributed by atoms with Crippen LogP contribution in [0.15, 0.2) is 30.4 Å². The van der Waals surface area contributed by atoms with Gasteiger partial charge in [-0.3, -0.25) is 4.79 Å². The first kappa shape index (κ1) is 17.6. The number of carbonyl (C=O) groups is 2. The Morgan fingerprint density at radius 3 is 2.72 bits per heavy atom. The van der Waals surface area contributed by atoms with Crippen LogP contribution in [0.4, 0.5) is 10.5 Å². The zero-order chi connectivity index (χ0) is 18.4. The summed E-state index contributed by atoms with van der Waals surface area (Å²) >= 11 is 0. The molecule has 6 nitrogen and oxygen atoms in total. The minimum absolute atomic E-state index is 0.335. The van der Waals surface area contributed by atoms with Crippen LogP contribution in [0.2, 0.25) is 0 Å². The zero-order valence-corrected chi connectivity index (χ0v) is 15.2. The first-order valence-electron chi connectivity index (χ1n) is 8.24. The average Bonchev–Trinajstić information content (AvgIpc) is 2.75. The van der Waals surface area contributed by atoms with Crippen LogP contribution >= 0.6 is 0 Å². The third kappa shape index (κ3) is 2.96. The van der Waals surface area contributed by atoms with Crippen molar-refractivity contribution in [3.05, 3.63) is 41.5 Å². The Morgan fingerprint density at radius 1 is 1.36 bits per heavy atom. The van der Waals surface area contributed by atoms with E-state index >= 15 is 0 Å². The van der Waals surface area contributed by atoms with Gasteiger partial charge in [0, 0.05) is 19.1 Å². The number of imide groups is 1. The van der Waals surface area contributed by atoms with Crippen LogP contribution in [0.3, 0.4) is 0 Å². The Bertz CT molecular complexity index is 749. The van der Waals surface area contributed by atoms with Gasteiger partial charge in [0.05, 0.1) is 5.69 Å². The number of fused-ring (bicyclic) bond motifs is 2. The lowest BCUT2D eigenvalue weighted by atomic mass is 9.89. The number of benzene rings is 1. The van der Waals surface area contributed by atoms with E-state index in [2.05, 4.69) is 0 Å². The highest BCUT2D eigenvalue weighted by Gasteiger charge is 2.56. The van der Waals surface area contributed by atoms with Gasteiger partial charge in [0.2, 0.25) is 0 Å². The molecule has 0 aromatic heterocycles. The second-order valence-electron chi connectivity index (χ2n) is 7.32. The lowest BCUT2D eigenvalue weighted by Crippen LogP contribution is -2.48. The van der Waals surface area contributed by atoms with E-state index < -0.39 is 29.5 Å². The Kier molecular flexibility index (Phi) is 4.21. The van der Waals surface area contributed by atoms with Crippen molar-refractivity contribution in [3.8, 4) is 0 Å². The van der Waals surface area contributed by atoms with Crippen LogP contribution in [0.25, 0.3) is 0 Å². The van der Waals surface area contributed by atoms with Gasteiger partial charge in [-0.05, 0) is 39.8 Å². The Hall–Kier alpha value is -2.18. The van der Waals surface area contributed by atoms with Gasteiger partial charge in [0.15, 0.2) is 11.9 Å². The number of hydrogen-bond donors (Lipinski definition) is 0. The molecule has 0 radical (unpaired) electrons. The molecule has 3 rings (SSSR count). The SMILES string of the molecule is COC1C=CC[C@]2(O1)C(=O)N(C(=O)OC(C)(C)C)c1ccc(C)cc12.